The molecule has 0 bridgehead atoms. The third kappa shape index (κ3) is 3.27. The summed E-state index contributed by atoms with van der Waals surface area (Å²) in [4.78, 5) is 4.56. The van der Waals surface area contributed by atoms with Gasteiger partial charge in [0, 0.05) is 25.3 Å². The average molecular weight is 307 g/mol. The molecule has 114 valence electrons. The predicted octanol–water partition coefficient (Wildman–Crippen LogP) is 2.39. The number of sulfonamides is 1. The molecule has 5 nitrogen and oxygen atoms in total. The Bertz CT molecular complexity index is 604. The number of hydrogen-bond acceptors (Lipinski definition) is 4. The Hall–Kier alpha value is -1.40. The van der Waals surface area contributed by atoms with E-state index >= 15 is 0 Å². The van der Waals surface area contributed by atoms with E-state index in [4.69, 9.17) is 0 Å². The molecule has 21 heavy (non-hydrogen) atoms. The lowest BCUT2D eigenvalue weighted by Crippen LogP contribution is -2.28. The van der Waals surface area contributed by atoms with Crippen molar-refractivity contribution in [1.29, 1.82) is 0 Å². The molecule has 1 aliphatic carbocycles. The van der Waals surface area contributed by atoms with E-state index in [1.807, 2.05) is 0 Å². The maximum atomic E-state index is 12.4. The number of aromatic nitrogens is 1. The van der Waals surface area contributed by atoms with Crippen LogP contribution in [0.15, 0.2) is 35.4 Å². The maximum absolute atomic E-state index is 12.4. The van der Waals surface area contributed by atoms with Gasteiger partial charge in [-0.25, -0.2) is 13.4 Å². The van der Waals surface area contributed by atoms with E-state index in [9.17, 15) is 8.42 Å². The van der Waals surface area contributed by atoms with Gasteiger partial charge in [-0.1, -0.05) is 12.2 Å². The highest BCUT2D eigenvalue weighted by atomic mass is 32.2. The molecule has 1 atom stereocenters. The molecule has 0 saturated carbocycles. The standard InChI is InChI=1S/C15H21N3O2S/c19-21(20,18-10-4-5-11-18)14-8-9-15(16-12-14)17-13-6-2-1-3-7-13/h1-2,8-9,12-13H,3-7,10-11H2,(H,16,17). The average Bonchev–Trinajstić information content (AvgIpc) is 3.04. The first-order valence-corrected chi connectivity index (χ1v) is 8.98. The number of allylic oxidation sites excluding steroid dienone is 1. The SMILES string of the molecule is O=S(=O)(c1ccc(NC2CC=CCC2)nc1)N1CCCC1. The van der Waals surface area contributed by atoms with Crippen molar-refractivity contribution in [3.8, 4) is 0 Å². The molecule has 0 radical (unpaired) electrons. The molecule has 1 saturated heterocycles. The second kappa shape index (κ2) is 6.15. The van der Waals surface area contributed by atoms with Crippen molar-refractivity contribution in [2.45, 2.75) is 43.0 Å². The summed E-state index contributed by atoms with van der Waals surface area (Å²) in [7, 11) is -3.36. The number of pyridine rings is 1. The topological polar surface area (TPSA) is 62.3 Å². The highest BCUT2D eigenvalue weighted by molar-refractivity contribution is 7.89. The van der Waals surface area contributed by atoms with E-state index in [1.165, 1.54) is 6.20 Å². The fraction of sp³-hybridized carbons (Fsp3) is 0.533. The van der Waals surface area contributed by atoms with Gasteiger partial charge in [0.15, 0.2) is 0 Å². The van der Waals surface area contributed by atoms with Gasteiger partial charge in [-0.15, -0.1) is 0 Å². The molecule has 1 aliphatic heterocycles. The van der Waals surface area contributed by atoms with Gasteiger partial charge in [-0.3, -0.25) is 0 Å². The molecule has 2 aliphatic rings. The molecule has 1 unspecified atom stereocenters. The zero-order valence-electron chi connectivity index (χ0n) is 12.0. The van der Waals surface area contributed by atoms with E-state index in [0.29, 0.717) is 24.0 Å². The van der Waals surface area contributed by atoms with Crippen LogP contribution in [0.5, 0.6) is 0 Å². The van der Waals surface area contributed by atoms with Crippen LogP contribution in [-0.4, -0.2) is 36.8 Å². The smallest absolute Gasteiger partial charge is 0.244 e. The van der Waals surface area contributed by atoms with Crippen molar-refractivity contribution in [2.24, 2.45) is 0 Å². The van der Waals surface area contributed by atoms with Crippen LogP contribution in [0.3, 0.4) is 0 Å². The molecule has 1 aromatic rings. The number of anilines is 1. The van der Waals surface area contributed by atoms with Gasteiger partial charge < -0.3 is 5.32 Å². The van der Waals surface area contributed by atoms with Crippen LogP contribution in [0.1, 0.15) is 32.1 Å². The molecule has 0 aromatic carbocycles. The molecular weight excluding hydrogens is 286 g/mol. The lowest BCUT2D eigenvalue weighted by Gasteiger charge is -2.20. The Morgan fingerprint density at radius 1 is 1.19 bits per heavy atom. The van der Waals surface area contributed by atoms with Crippen molar-refractivity contribution in [2.75, 3.05) is 18.4 Å². The Morgan fingerprint density at radius 3 is 2.62 bits per heavy atom. The monoisotopic (exact) mass is 307 g/mol. The van der Waals surface area contributed by atoms with Gasteiger partial charge in [0.05, 0.1) is 0 Å². The minimum absolute atomic E-state index is 0.290. The summed E-state index contributed by atoms with van der Waals surface area (Å²) in [5.41, 5.74) is 0. The zero-order chi connectivity index (χ0) is 14.7. The van der Waals surface area contributed by atoms with Gasteiger partial charge in [0.25, 0.3) is 0 Å². The van der Waals surface area contributed by atoms with Gasteiger partial charge in [-0.2, -0.15) is 4.31 Å². The fourth-order valence-corrected chi connectivity index (χ4v) is 4.29. The highest BCUT2D eigenvalue weighted by Gasteiger charge is 2.27. The van der Waals surface area contributed by atoms with E-state index in [2.05, 4.69) is 22.5 Å². The summed E-state index contributed by atoms with van der Waals surface area (Å²) in [5, 5.41) is 3.36. The molecule has 1 aromatic heterocycles. The Labute approximate surface area is 126 Å². The van der Waals surface area contributed by atoms with Gasteiger partial charge in [0.1, 0.15) is 10.7 Å². The lowest BCUT2D eigenvalue weighted by molar-refractivity contribution is 0.477. The van der Waals surface area contributed by atoms with Crippen molar-refractivity contribution >= 4 is 15.8 Å². The maximum Gasteiger partial charge on any atom is 0.244 e. The lowest BCUT2D eigenvalue weighted by atomic mass is 10.0. The van der Waals surface area contributed by atoms with Crippen LogP contribution in [0.2, 0.25) is 0 Å². The normalized spacial score (nSPS) is 23.3. The van der Waals surface area contributed by atoms with E-state index < -0.39 is 10.0 Å². The summed E-state index contributed by atoms with van der Waals surface area (Å²) in [6.07, 6.45) is 10.9. The number of rotatable bonds is 4. The summed E-state index contributed by atoms with van der Waals surface area (Å²) in [5.74, 6) is 0.746. The van der Waals surface area contributed by atoms with Crippen molar-refractivity contribution in [1.82, 2.24) is 9.29 Å². The van der Waals surface area contributed by atoms with Crippen LogP contribution in [-0.2, 0) is 10.0 Å². The van der Waals surface area contributed by atoms with Gasteiger partial charge in [0.2, 0.25) is 10.0 Å². The second-order valence-electron chi connectivity index (χ2n) is 5.62. The van der Waals surface area contributed by atoms with E-state index in [-0.39, 0.29) is 0 Å². The highest BCUT2D eigenvalue weighted by Crippen LogP contribution is 2.22. The Balaban J connectivity index is 1.70. The number of nitrogens with zero attached hydrogens (tertiary/aromatic N) is 2. The Morgan fingerprint density at radius 2 is 2.00 bits per heavy atom. The van der Waals surface area contributed by atoms with Gasteiger partial charge in [-0.05, 0) is 44.2 Å². The van der Waals surface area contributed by atoms with Crippen LogP contribution < -0.4 is 5.32 Å². The first-order valence-electron chi connectivity index (χ1n) is 7.54. The molecule has 0 amide bonds. The predicted molar refractivity (Wildman–Crippen MR) is 82.6 cm³/mol. The summed E-state index contributed by atoms with van der Waals surface area (Å²) in [6, 6.07) is 3.81. The Kier molecular flexibility index (Phi) is 4.26. The largest absolute Gasteiger partial charge is 0.367 e. The zero-order valence-corrected chi connectivity index (χ0v) is 12.8. The van der Waals surface area contributed by atoms with Gasteiger partial charge >= 0.3 is 0 Å². The quantitative estimate of drug-likeness (QED) is 0.868. The molecule has 2 heterocycles. The molecule has 3 rings (SSSR count). The number of hydrogen-bond donors (Lipinski definition) is 1. The molecule has 1 N–H and O–H groups in total. The third-order valence-corrected chi connectivity index (χ3v) is 5.94. The molecule has 1 fully saturated rings. The van der Waals surface area contributed by atoms with Crippen molar-refractivity contribution < 1.29 is 8.42 Å². The van der Waals surface area contributed by atoms with Crippen LogP contribution >= 0.6 is 0 Å². The minimum Gasteiger partial charge on any atom is -0.367 e. The van der Waals surface area contributed by atoms with E-state index in [1.54, 1.807) is 16.4 Å². The molecule has 6 heteroatoms. The third-order valence-electron chi connectivity index (χ3n) is 4.06. The summed E-state index contributed by atoms with van der Waals surface area (Å²) < 4.78 is 26.3. The van der Waals surface area contributed by atoms with Crippen molar-refractivity contribution in [3.05, 3.63) is 30.5 Å². The second-order valence-corrected chi connectivity index (χ2v) is 7.55. The van der Waals surface area contributed by atoms with Crippen LogP contribution in [0, 0.1) is 0 Å². The summed E-state index contributed by atoms with van der Waals surface area (Å²) in [6.45, 7) is 1.24. The first kappa shape index (κ1) is 14.5. The fourth-order valence-electron chi connectivity index (χ4n) is 2.83. The van der Waals surface area contributed by atoms with Crippen molar-refractivity contribution in [3.63, 3.8) is 0 Å². The molecule has 0 spiro atoms. The number of nitrogens with one attached hydrogen (secondary N) is 1. The van der Waals surface area contributed by atoms with Crippen LogP contribution in [0.25, 0.3) is 0 Å². The molecular formula is C15H21N3O2S. The van der Waals surface area contributed by atoms with Crippen LogP contribution in [0.4, 0.5) is 5.82 Å². The summed E-state index contributed by atoms with van der Waals surface area (Å²) >= 11 is 0. The van der Waals surface area contributed by atoms with E-state index in [0.717, 1.165) is 37.9 Å². The first-order chi connectivity index (χ1) is 10.2. The minimum atomic E-state index is -3.36.